The molecular weight excluding hydrogens is 245 g/mol. The highest BCUT2D eigenvalue weighted by Crippen LogP contribution is 2.24. The summed E-state index contributed by atoms with van der Waals surface area (Å²) in [5.41, 5.74) is 0. The molecule has 0 aromatic carbocycles. The highest BCUT2D eigenvalue weighted by atomic mass is 19.4. The first-order chi connectivity index (χ1) is 8.44. The zero-order chi connectivity index (χ0) is 13.2. The molecule has 1 heterocycles. The minimum atomic E-state index is -4.14. The summed E-state index contributed by atoms with van der Waals surface area (Å²) in [6.07, 6.45) is 0.177. The average molecular weight is 264 g/mol. The first-order valence-electron chi connectivity index (χ1n) is 6.53. The van der Waals surface area contributed by atoms with Crippen LogP contribution in [0.4, 0.5) is 13.2 Å². The second kappa shape index (κ2) is 5.47. The van der Waals surface area contributed by atoms with Gasteiger partial charge in [0.05, 0.1) is 6.54 Å². The molecule has 104 valence electrons. The van der Waals surface area contributed by atoms with Gasteiger partial charge in [-0.3, -0.25) is 9.69 Å². The van der Waals surface area contributed by atoms with E-state index in [1.807, 2.05) is 0 Å². The number of hydrogen-bond acceptors (Lipinski definition) is 2. The molecule has 1 aliphatic carbocycles. The number of carbonyl (C=O) groups excluding carboxylic acids is 1. The maximum atomic E-state index is 12.2. The molecule has 0 radical (unpaired) electrons. The molecule has 0 spiro atoms. The Balaban J connectivity index is 1.70. The molecular formula is C12H19F3N2O. The average Bonchev–Trinajstić information content (AvgIpc) is 2.22. The minimum Gasteiger partial charge on any atom is -0.353 e. The fourth-order valence-electron chi connectivity index (χ4n) is 2.48. The lowest BCUT2D eigenvalue weighted by molar-refractivity contribution is -0.149. The van der Waals surface area contributed by atoms with Gasteiger partial charge in [-0.15, -0.1) is 0 Å². The Morgan fingerprint density at radius 1 is 1.17 bits per heavy atom. The quantitative estimate of drug-likeness (QED) is 0.844. The van der Waals surface area contributed by atoms with Gasteiger partial charge in [-0.25, -0.2) is 0 Å². The molecule has 2 rings (SSSR count). The standard InChI is InChI=1S/C12H19F3N2O/c13-12(14,15)8-17-6-4-9(5-7-17)11(18)16-10-2-1-3-10/h9-10H,1-8H2,(H,16,18). The summed E-state index contributed by atoms with van der Waals surface area (Å²) in [4.78, 5) is 13.2. The van der Waals surface area contributed by atoms with Crippen LogP contribution in [-0.2, 0) is 4.79 Å². The third-order valence-corrected chi connectivity index (χ3v) is 3.81. The van der Waals surface area contributed by atoms with Crippen LogP contribution in [-0.4, -0.2) is 42.7 Å². The van der Waals surface area contributed by atoms with E-state index >= 15 is 0 Å². The van der Waals surface area contributed by atoms with E-state index in [9.17, 15) is 18.0 Å². The van der Waals surface area contributed by atoms with Crippen LogP contribution < -0.4 is 5.32 Å². The second-order valence-electron chi connectivity index (χ2n) is 5.30. The molecule has 0 atom stereocenters. The highest BCUT2D eigenvalue weighted by Gasteiger charge is 2.34. The van der Waals surface area contributed by atoms with Gasteiger partial charge < -0.3 is 5.32 Å². The number of alkyl halides is 3. The predicted molar refractivity (Wildman–Crippen MR) is 61.0 cm³/mol. The molecule has 6 heteroatoms. The molecule has 0 aromatic rings. The monoisotopic (exact) mass is 264 g/mol. The van der Waals surface area contributed by atoms with Crippen LogP contribution in [0.15, 0.2) is 0 Å². The third-order valence-electron chi connectivity index (χ3n) is 3.81. The summed E-state index contributed by atoms with van der Waals surface area (Å²) in [7, 11) is 0. The zero-order valence-corrected chi connectivity index (χ0v) is 10.3. The number of nitrogens with one attached hydrogen (secondary N) is 1. The van der Waals surface area contributed by atoms with E-state index in [-0.39, 0.29) is 11.8 Å². The van der Waals surface area contributed by atoms with Crippen molar-refractivity contribution >= 4 is 5.91 Å². The zero-order valence-electron chi connectivity index (χ0n) is 10.3. The molecule has 1 N–H and O–H groups in total. The number of likely N-dealkylation sites (tertiary alicyclic amines) is 1. The number of rotatable bonds is 3. The first kappa shape index (κ1) is 13.6. The van der Waals surface area contributed by atoms with E-state index in [0.717, 1.165) is 19.3 Å². The summed E-state index contributed by atoms with van der Waals surface area (Å²) >= 11 is 0. The molecule has 2 fully saturated rings. The molecule has 3 nitrogen and oxygen atoms in total. The molecule has 0 unspecified atom stereocenters. The van der Waals surface area contributed by atoms with E-state index < -0.39 is 12.7 Å². The summed E-state index contributed by atoms with van der Waals surface area (Å²) in [6, 6.07) is 0.311. The predicted octanol–water partition coefficient (Wildman–Crippen LogP) is 1.93. The minimum absolute atomic E-state index is 0.0337. The van der Waals surface area contributed by atoms with Gasteiger partial charge in [0.25, 0.3) is 0 Å². The van der Waals surface area contributed by atoms with Crippen LogP contribution in [0.3, 0.4) is 0 Å². The summed E-state index contributed by atoms with van der Waals surface area (Å²) in [5, 5.41) is 2.97. The van der Waals surface area contributed by atoms with Crippen molar-refractivity contribution in [3.63, 3.8) is 0 Å². The molecule has 18 heavy (non-hydrogen) atoms. The second-order valence-corrected chi connectivity index (χ2v) is 5.30. The van der Waals surface area contributed by atoms with Crippen molar-refractivity contribution in [3.05, 3.63) is 0 Å². The largest absolute Gasteiger partial charge is 0.401 e. The molecule has 1 saturated carbocycles. The van der Waals surface area contributed by atoms with Crippen LogP contribution >= 0.6 is 0 Å². The van der Waals surface area contributed by atoms with E-state index in [0.29, 0.717) is 32.0 Å². The van der Waals surface area contributed by atoms with Gasteiger partial charge in [-0.1, -0.05) is 0 Å². The smallest absolute Gasteiger partial charge is 0.353 e. The maximum Gasteiger partial charge on any atom is 0.401 e. The Kier molecular flexibility index (Phi) is 4.14. The lowest BCUT2D eigenvalue weighted by Crippen LogP contribution is -2.47. The fourth-order valence-corrected chi connectivity index (χ4v) is 2.48. The SMILES string of the molecule is O=C(NC1CCC1)C1CCN(CC(F)(F)F)CC1. The molecule has 2 aliphatic rings. The number of halogens is 3. The van der Waals surface area contributed by atoms with Crippen molar-refractivity contribution in [2.24, 2.45) is 5.92 Å². The van der Waals surface area contributed by atoms with Gasteiger partial charge in [0, 0.05) is 12.0 Å². The summed E-state index contributed by atoms with van der Waals surface area (Å²) < 4.78 is 36.6. The van der Waals surface area contributed by atoms with Gasteiger partial charge in [-0.05, 0) is 45.2 Å². The van der Waals surface area contributed by atoms with Gasteiger partial charge >= 0.3 is 6.18 Å². The molecule has 0 bridgehead atoms. The Labute approximate surface area is 105 Å². The van der Waals surface area contributed by atoms with Crippen molar-refractivity contribution in [2.45, 2.75) is 44.3 Å². The van der Waals surface area contributed by atoms with Crippen molar-refractivity contribution in [3.8, 4) is 0 Å². The van der Waals surface area contributed by atoms with Crippen molar-refractivity contribution < 1.29 is 18.0 Å². The Morgan fingerprint density at radius 3 is 2.22 bits per heavy atom. The Morgan fingerprint density at radius 2 is 1.78 bits per heavy atom. The van der Waals surface area contributed by atoms with Crippen molar-refractivity contribution in [2.75, 3.05) is 19.6 Å². The molecule has 0 aromatic heterocycles. The summed E-state index contributed by atoms with van der Waals surface area (Å²) in [5.74, 6) is -0.0681. The van der Waals surface area contributed by atoms with Gasteiger partial charge in [0.2, 0.25) is 5.91 Å². The number of piperidine rings is 1. The fraction of sp³-hybridized carbons (Fsp3) is 0.917. The number of amides is 1. The van der Waals surface area contributed by atoms with Gasteiger partial charge in [0.15, 0.2) is 0 Å². The van der Waals surface area contributed by atoms with E-state index in [1.165, 1.54) is 4.90 Å². The van der Waals surface area contributed by atoms with Gasteiger partial charge in [-0.2, -0.15) is 13.2 Å². The third kappa shape index (κ3) is 3.86. The van der Waals surface area contributed by atoms with Crippen LogP contribution in [0.1, 0.15) is 32.1 Å². The maximum absolute atomic E-state index is 12.2. The van der Waals surface area contributed by atoms with E-state index in [4.69, 9.17) is 0 Å². The normalized spacial score (nSPS) is 23.7. The van der Waals surface area contributed by atoms with Crippen molar-refractivity contribution in [1.29, 1.82) is 0 Å². The first-order valence-corrected chi connectivity index (χ1v) is 6.53. The van der Waals surface area contributed by atoms with Crippen LogP contribution in [0.25, 0.3) is 0 Å². The number of nitrogens with zero attached hydrogens (tertiary/aromatic N) is 1. The van der Waals surface area contributed by atoms with Crippen LogP contribution in [0, 0.1) is 5.92 Å². The molecule has 1 amide bonds. The summed E-state index contributed by atoms with van der Waals surface area (Å²) in [6.45, 7) is -0.130. The van der Waals surface area contributed by atoms with E-state index in [2.05, 4.69) is 5.32 Å². The molecule has 1 saturated heterocycles. The number of hydrogen-bond donors (Lipinski definition) is 1. The highest BCUT2D eigenvalue weighted by molar-refractivity contribution is 5.79. The lowest BCUT2D eigenvalue weighted by atomic mass is 9.90. The van der Waals surface area contributed by atoms with Crippen molar-refractivity contribution in [1.82, 2.24) is 10.2 Å². The number of carbonyl (C=O) groups is 1. The van der Waals surface area contributed by atoms with Crippen LogP contribution in [0.5, 0.6) is 0 Å². The topological polar surface area (TPSA) is 32.3 Å². The van der Waals surface area contributed by atoms with Crippen LogP contribution in [0.2, 0.25) is 0 Å². The molecule has 1 aliphatic heterocycles. The lowest BCUT2D eigenvalue weighted by Gasteiger charge is -2.33. The van der Waals surface area contributed by atoms with E-state index in [1.54, 1.807) is 0 Å². The Hall–Kier alpha value is -0.780. The Bertz CT molecular complexity index is 294. The van der Waals surface area contributed by atoms with Gasteiger partial charge in [0.1, 0.15) is 0 Å².